The van der Waals surface area contributed by atoms with Crippen LogP contribution in [-0.4, -0.2) is 23.0 Å². The minimum atomic E-state index is -0.439. The summed E-state index contributed by atoms with van der Waals surface area (Å²) in [7, 11) is 1.36. The van der Waals surface area contributed by atoms with Gasteiger partial charge in [-0.25, -0.2) is 9.78 Å². The van der Waals surface area contributed by atoms with E-state index in [9.17, 15) is 4.79 Å². The van der Waals surface area contributed by atoms with Crippen LogP contribution < -0.4 is 4.74 Å². The minimum absolute atomic E-state index is 0.376. The first-order chi connectivity index (χ1) is 13.8. The third kappa shape index (κ3) is 2.48. The number of benzene rings is 3. The fourth-order valence-corrected chi connectivity index (χ4v) is 3.58. The molecule has 0 fully saturated rings. The number of aromatic amines is 1. The van der Waals surface area contributed by atoms with E-state index in [0.717, 1.165) is 32.7 Å². The van der Waals surface area contributed by atoms with Gasteiger partial charge in [0.15, 0.2) is 5.75 Å². The van der Waals surface area contributed by atoms with Crippen molar-refractivity contribution in [3.05, 3.63) is 78.5 Å². The molecular weight excluding hydrogens is 352 g/mol. The summed E-state index contributed by atoms with van der Waals surface area (Å²) in [5.41, 5.74) is 2.01. The first kappa shape index (κ1) is 16.3. The Labute approximate surface area is 160 Å². The van der Waals surface area contributed by atoms with E-state index >= 15 is 0 Å². The average Bonchev–Trinajstić information content (AvgIpc) is 3.14. The molecule has 0 radical (unpaired) electrons. The van der Waals surface area contributed by atoms with E-state index < -0.39 is 5.97 Å². The maximum Gasteiger partial charge on any atom is 0.341 e. The quantitative estimate of drug-likeness (QED) is 0.430. The van der Waals surface area contributed by atoms with Gasteiger partial charge in [-0.1, -0.05) is 36.4 Å². The maximum atomic E-state index is 12.1. The number of rotatable bonds is 3. The topological polar surface area (TPSA) is 64.2 Å². The monoisotopic (exact) mass is 368 g/mol. The third-order valence-corrected chi connectivity index (χ3v) is 4.85. The number of hydrogen-bond acceptors (Lipinski definition) is 4. The van der Waals surface area contributed by atoms with E-state index in [1.807, 2.05) is 42.5 Å². The lowest BCUT2D eigenvalue weighted by atomic mass is 10.0. The third-order valence-electron chi connectivity index (χ3n) is 4.85. The summed E-state index contributed by atoms with van der Waals surface area (Å²) >= 11 is 0. The summed E-state index contributed by atoms with van der Waals surface area (Å²) in [5.74, 6) is 0.631. The maximum absolute atomic E-state index is 12.1. The number of aromatic nitrogens is 2. The van der Waals surface area contributed by atoms with Crippen LogP contribution in [0, 0.1) is 0 Å². The van der Waals surface area contributed by atoms with Crippen molar-refractivity contribution >= 4 is 38.7 Å². The largest absolute Gasteiger partial charge is 0.465 e. The molecule has 0 spiro atoms. The predicted molar refractivity (Wildman–Crippen MR) is 109 cm³/mol. The van der Waals surface area contributed by atoms with E-state index in [4.69, 9.17) is 9.47 Å². The van der Waals surface area contributed by atoms with Crippen LogP contribution in [0.5, 0.6) is 11.5 Å². The first-order valence-electron chi connectivity index (χ1n) is 8.89. The summed E-state index contributed by atoms with van der Waals surface area (Å²) in [4.78, 5) is 19.9. The van der Waals surface area contributed by atoms with Crippen molar-refractivity contribution in [3.8, 4) is 11.5 Å². The molecule has 1 N–H and O–H groups in total. The molecule has 0 aliphatic heterocycles. The molecule has 0 aliphatic rings. The zero-order chi connectivity index (χ0) is 19.1. The molecule has 5 heteroatoms. The van der Waals surface area contributed by atoms with Crippen LogP contribution in [0.2, 0.25) is 0 Å². The molecule has 5 rings (SSSR count). The van der Waals surface area contributed by atoms with Crippen molar-refractivity contribution in [2.24, 2.45) is 0 Å². The molecule has 2 aromatic heterocycles. The Morgan fingerprint density at radius 1 is 0.929 bits per heavy atom. The molecule has 5 nitrogen and oxygen atoms in total. The number of methoxy groups -OCH3 is 1. The number of nitrogens with zero attached hydrogens (tertiary/aromatic N) is 1. The lowest BCUT2D eigenvalue weighted by Crippen LogP contribution is -2.03. The molecule has 0 unspecified atom stereocenters. The number of nitrogens with one attached hydrogen (secondary N) is 1. The van der Waals surface area contributed by atoms with Gasteiger partial charge in [0.25, 0.3) is 0 Å². The molecule has 5 aromatic rings. The van der Waals surface area contributed by atoms with Gasteiger partial charge in [-0.05, 0) is 41.1 Å². The second kappa shape index (κ2) is 6.39. The van der Waals surface area contributed by atoms with Crippen molar-refractivity contribution in [1.29, 1.82) is 0 Å². The first-order valence-corrected chi connectivity index (χ1v) is 8.89. The highest BCUT2D eigenvalue weighted by Crippen LogP contribution is 2.39. The van der Waals surface area contributed by atoms with Crippen molar-refractivity contribution in [2.75, 3.05) is 7.11 Å². The Bertz CT molecular complexity index is 1350. The van der Waals surface area contributed by atoms with Gasteiger partial charge in [-0.15, -0.1) is 0 Å². The Hall–Kier alpha value is -3.86. The minimum Gasteiger partial charge on any atom is -0.465 e. The number of ether oxygens (including phenoxy) is 2. The van der Waals surface area contributed by atoms with E-state index in [1.165, 1.54) is 7.11 Å². The number of hydrogen-bond donors (Lipinski definition) is 1. The summed E-state index contributed by atoms with van der Waals surface area (Å²) in [6, 6.07) is 21.1. The number of H-pyrrole nitrogens is 1. The Morgan fingerprint density at radius 3 is 2.61 bits per heavy atom. The lowest BCUT2D eigenvalue weighted by molar-refractivity contribution is 0.0598. The Kier molecular flexibility index (Phi) is 3.72. The second-order valence-electron chi connectivity index (χ2n) is 6.46. The van der Waals surface area contributed by atoms with Gasteiger partial charge in [0, 0.05) is 17.0 Å². The molecule has 2 heterocycles. The molecule has 136 valence electrons. The van der Waals surface area contributed by atoms with Crippen LogP contribution in [-0.2, 0) is 4.74 Å². The molecule has 0 amide bonds. The van der Waals surface area contributed by atoms with E-state index in [1.54, 1.807) is 24.4 Å². The number of pyridine rings is 1. The molecule has 0 atom stereocenters. The molecule has 0 aliphatic carbocycles. The highest BCUT2D eigenvalue weighted by Gasteiger charge is 2.17. The van der Waals surface area contributed by atoms with Crippen molar-refractivity contribution < 1.29 is 14.3 Å². The number of esters is 1. The lowest BCUT2D eigenvalue weighted by Gasteiger charge is -2.12. The normalized spacial score (nSPS) is 11.2. The second-order valence-corrected chi connectivity index (χ2v) is 6.46. The zero-order valence-electron chi connectivity index (χ0n) is 15.1. The molecule has 3 aromatic carbocycles. The summed E-state index contributed by atoms with van der Waals surface area (Å²) in [6.45, 7) is 0. The smallest absolute Gasteiger partial charge is 0.341 e. The van der Waals surface area contributed by atoms with Crippen molar-refractivity contribution in [1.82, 2.24) is 9.97 Å². The number of carbonyl (C=O) groups excluding carboxylic acids is 1. The molecular formula is C23H16N2O3. The fraction of sp³-hybridized carbons (Fsp3) is 0.0435. The molecule has 0 saturated heterocycles. The van der Waals surface area contributed by atoms with E-state index in [2.05, 4.69) is 16.0 Å². The number of para-hydroxylation sites is 1. The van der Waals surface area contributed by atoms with Gasteiger partial charge in [0.2, 0.25) is 0 Å². The average molecular weight is 368 g/mol. The summed E-state index contributed by atoms with van der Waals surface area (Å²) in [6.07, 6.45) is 1.76. The highest BCUT2D eigenvalue weighted by atomic mass is 16.5. The summed E-state index contributed by atoms with van der Waals surface area (Å²) < 4.78 is 11.1. The van der Waals surface area contributed by atoms with E-state index in [0.29, 0.717) is 17.1 Å². The van der Waals surface area contributed by atoms with Crippen LogP contribution in [0.25, 0.3) is 32.7 Å². The zero-order valence-corrected chi connectivity index (χ0v) is 15.1. The van der Waals surface area contributed by atoms with Gasteiger partial charge in [0.1, 0.15) is 17.0 Å². The molecule has 0 saturated carbocycles. The van der Waals surface area contributed by atoms with Gasteiger partial charge < -0.3 is 14.5 Å². The highest BCUT2D eigenvalue weighted by molar-refractivity contribution is 6.21. The Morgan fingerprint density at radius 2 is 1.71 bits per heavy atom. The van der Waals surface area contributed by atoms with Crippen LogP contribution in [0.1, 0.15) is 10.4 Å². The summed E-state index contributed by atoms with van der Waals surface area (Å²) in [5, 5.41) is 4.24. The van der Waals surface area contributed by atoms with Gasteiger partial charge >= 0.3 is 5.97 Å². The van der Waals surface area contributed by atoms with Crippen molar-refractivity contribution in [3.63, 3.8) is 0 Å². The van der Waals surface area contributed by atoms with Crippen molar-refractivity contribution in [2.45, 2.75) is 0 Å². The van der Waals surface area contributed by atoms with Crippen LogP contribution in [0.4, 0.5) is 0 Å². The van der Waals surface area contributed by atoms with E-state index in [-0.39, 0.29) is 0 Å². The van der Waals surface area contributed by atoms with Gasteiger partial charge in [0.05, 0.1) is 12.6 Å². The SMILES string of the molecule is COC(=O)c1ccccc1Oc1cc2ccccc2c2c1[nH]c1ncccc12. The van der Waals surface area contributed by atoms with Crippen LogP contribution in [0.3, 0.4) is 0 Å². The Balaban J connectivity index is 1.80. The predicted octanol–water partition coefficient (Wildman–Crippen LogP) is 5.45. The molecule has 0 bridgehead atoms. The van der Waals surface area contributed by atoms with Gasteiger partial charge in [-0.2, -0.15) is 0 Å². The molecule has 28 heavy (non-hydrogen) atoms. The number of carbonyl (C=O) groups is 1. The fourth-order valence-electron chi connectivity index (χ4n) is 3.58. The standard InChI is InChI=1S/C23H16N2O3/c1-27-23(26)16-9-4-5-11-18(16)28-19-13-14-7-2-3-8-15(14)20-17-10-6-12-24-22(17)25-21(19)20/h2-13H,1H3,(H,24,25). The van der Waals surface area contributed by atoms with Crippen LogP contribution in [0.15, 0.2) is 72.9 Å². The van der Waals surface area contributed by atoms with Gasteiger partial charge in [-0.3, -0.25) is 0 Å². The van der Waals surface area contributed by atoms with Crippen LogP contribution >= 0.6 is 0 Å². The number of fused-ring (bicyclic) bond motifs is 5.